The summed E-state index contributed by atoms with van der Waals surface area (Å²) in [6, 6.07) is 9.10. The number of thioether (sulfide) groups is 1. The molecular weight excluding hydrogens is 254 g/mol. The minimum absolute atomic E-state index is 0.607. The van der Waals surface area contributed by atoms with Crippen molar-refractivity contribution in [3.63, 3.8) is 0 Å². The second kappa shape index (κ2) is 7.81. The third-order valence-corrected chi connectivity index (χ3v) is 4.81. The van der Waals surface area contributed by atoms with Gasteiger partial charge in [-0.25, -0.2) is 0 Å². The molecule has 1 fully saturated rings. The van der Waals surface area contributed by atoms with E-state index in [-0.39, 0.29) is 0 Å². The van der Waals surface area contributed by atoms with Gasteiger partial charge in [0.15, 0.2) is 0 Å². The minimum atomic E-state index is 0.607. The Morgan fingerprint density at radius 3 is 2.53 bits per heavy atom. The number of ether oxygens (including phenoxy) is 1. The van der Waals surface area contributed by atoms with Gasteiger partial charge in [0.25, 0.3) is 0 Å². The van der Waals surface area contributed by atoms with Crippen LogP contribution in [0.1, 0.15) is 39.0 Å². The smallest absolute Gasteiger partial charge is 0.118 e. The summed E-state index contributed by atoms with van der Waals surface area (Å²) in [6.45, 7) is 3.39. The Morgan fingerprint density at radius 1 is 1.21 bits per heavy atom. The maximum Gasteiger partial charge on any atom is 0.118 e. The Bertz CT molecular complexity index is 360. The standard InChI is InChI=1S/C16H25NOS/c1-13(12-17-14-6-4-3-5-7-14)19-16-10-8-15(18-2)9-11-16/h8-11,13-14,17H,3-7,12H2,1-2H3. The molecule has 1 aliphatic carbocycles. The minimum Gasteiger partial charge on any atom is -0.497 e. The highest BCUT2D eigenvalue weighted by molar-refractivity contribution is 8.00. The molecule has 1 N–H and O–H groups in total. The van der Waals surface area contributed by atoms with Crippen LogP contribution in [0.4, 0.5) is 0 Å². The van der Waals surface area contributed by atoms with Gasteiger partial charge >= 0.3 is 0 Å². The molecule has 2 nitrogen and oxygen atoms in total. The number of hydrogen-bond acceptors (Lipinski definition) is 3. The van der Waals surface area contributed by atoms with Gasteiger partial charge in [-0.3, -0.25) is 0 Å². The number of methoxy groups -OCH3 is 1. The van der Waals surface area contributed by atoms with Gasteiger partial charge in [-0.1, -0.05) is 26.2 Å². The summed E-state index contributed by atoms with van der Waals surface area (Å²) in [5.41, 5.74) is 0. The second-order valence-electron chi connectivity index (χ2n) is 5.35. The van der Waals surface area contributed by atoms with E-state index >= 15 is 0 Å². The van der Waals surface area contributed by atoms with E-state index in [0.717, 1.165) is 18.3 Å². The van der Waals surface area contributed by atoms with Crippen molar-refractivity contribution in [2.75, 3.05) is 13.7 Å². The average Bonchev–Trinajstić information content (AvgIpc) is 2.47. The van der Waals surface area contributed by atoms with Gasteiger partial charge in [0.05, 0.1) is 7.11 Å². The Balaban J connectivity index is 1.71. The molecule has 1 saturated carbocycles. The molecule has 1 aliphatic rings. The monoisotopic (exact) mass is 279 g/mol. The number of nitrogens with one attached hydrogen (secondary N) is 1. The fraction of sp³-hybridized carbons (Fsp3) is 0.625. The molecule has 19 heavy (non-hydrogen) atoms. The van der Waals surface area contributed by atoms with E-state index in [9.17, 15) is 0 Å². The zero-order chi connectivity index (χ0) is 13.5. The van der Waals surface area contributed by atoms with Crippen LogP contribution in [0.2, 0.25) is 0 Å². The van der Waals surface area contributed by atoms with Crippen LogP contribution in [0.5, 0.6) is 5.75 Å². The average molecular weight is 279 g/mol. The second-order valence-corrected chi connectivity index (χ2v) is 6.86. The van der Waals surface area contributed by atoms with Crippen molar-refractivity contribution in [3.8, 4) is 5.75 Å². The molecule has 0 amide bonds. The van der Waals surface area contributed by atoms with E-state index in [0.29, 0.717) is 5.25 Å². The summed E-state index contributed by atoms with van der Waals surface area (Å²) in [6.07, 6.45) is 6.95. The zero-order valence-corrected chi connectivity index (χ0v) is 12.8. The molecular formula is C16H25NOS. The van der Waals surface area contributed by atoms with Crippen molar-refractivity contribution in [1.29, 1.82) is 0 Å². The first-order valence-electron chi connectivity index (χ1n) is 7.32. The summed E-state index contributed by atoms with van der Waals surface area (Å²) >= 11 is 1.93. The molecule has 3 heteroatoms. The van der Waals surface area contributed by atoms with Crippen LogP contribution < -0.4 is 10.1 Å². The summed E-state index contributed by atoms with van der Waals surface area (Å²) in [7, 11) is 1.71. The fourth-order valence-corrected chi connectivity index (χ4v) is 3.51. The Hall–Kier alpha value is -0.670. The van der Waals surface area contributed by atoms with Crippen LogP contribution in [0.25, 0.3) is 0 Å². The molecule has 0 radical (unpaired) electrons. The van der Waals surface area contributed by atoms with Gasteiger partial charge < -0.3 is 10.1 Å². The highest BCUT2D eigenvalue weighted by atomic mass is 32.2. The van der Waals surface area contributed by atoms with Crippen molar-refractivity contribution < 1.29 is 4.74 Å². The molecule has 1 aromatic carbocycles. The lowest BCUT2D eigenvalue weighted by atomic mass is 9.95. The Labute approximate surface area is 121 Å². The first-order valence-corrected chi connectivity index (χ1v) is 8.20. The Morgan fingerprint density at radius 2 is 1.89 bits per heavy atom. The van der Waals surface area contributed by atoms with Gasteiger partial charge in [-0.15, -0.1) is 11.8 Å². The predicted octanol–water partition coefficient (Wildman–Crippen LogP) is 4.10. The van der Waals surface area contributed by atoms with Gasteiger partial charge in [0.1, 0.15) is 5.75 Å². The van der Waals surface area contributed by atoms with Crippen LogP contribution in [0.3, 0.4) is 0 Å². The zero-order valence-electron chi connectivity index (χ0n) is 12.0. The van der Waals surface area contributed by atoms with Crippen LogP contribution in [0, 0.1) is 0 Å². The molecule has 0 heterocycles. The first-order chi connectivity index (χ1) is 9.28. The predicted molar refractivity (Wildman–Crippen MR) is 83.2 cm³/mol. The van der Waals surface area contributed by atoms with E-state index in [1.807, 2.05) is 23.9 Å². The lowest BCUT2D eigenvalue weighted by Gasteiger charge is -2.24. The summed E-state index contributed by atoms with van der Waals surface area (Å²) in [5.74, 6) is 0.928. The maximum atomic E-state index is 5.18. The van der Waals surface area contributed by atoms with Gasteiger partial charge in [0.2, 0.25) is 0 Å². The van der Waals surface area contributed by atoms with E-state index in [1.165, 1.54) is 37.0 Å². The van der Waals surface area contributed by atoms with Crippen molar-refractivity contribution in [2.24, 2.45) is 0 Å². The molecule has 1 aromatic rings. The van der Waals surface area contributed by atoms with Gasteiger partial charge in [-0.2, -0.15) is 0 Å². The van der Waals surface area contributed by atoms with Crippen LogP contribution in [-0.4, -0.2) is 24.9 Å². The van der Waals surface area contributed by atoms with Gasteiger partial charge in [0, 0.05) is 22.7 Å². The van der Waals surface area contributed by atoms with Crippen LogP contribution in [-0.2, 0) is 0 Å². The molecule has 0 aliphatic heterocycles. The molecule has 0 aromatic heterocycles. The van der Waals surface area contributed by atoms with E-state index in [4.69, 9.17) is 4.74 Å². The highest BCUT2D eigenvalue weighted by Gasteiger charge is 2.14. The molecule has 2 rings (SSSR count). The highest BCUT2D eigenvalue weighted by Crippen LogP contribution is 2.25. The van der Waals surface area contributed by atoms with Crippen molar-refractivity contribution >= 4 is 11.8 Å². The number of hydrogen-bond donors (Lipinski definition) is 1. The van der Waals surface area contributed by atoms with E-state index in [1.54, 1.807) is 7.11 Å². The maximum absolute atomic E-state index is 5.18. The number of rotatable bonds is 6. The number of benzene rings is 1. The topological polar surface area (TPSA) is 21.3 Å². The largest absolute Gasteiger partial charge is 0.497 e. The fourth-order valence-electron chi connectivity index (χ4n) is 2.57. The Kier molecular flexibility index (Phi) is 6.05. The molecule has 0 saturated heterocycles. The lowest BCUT2D eigenvalue weighted by Crippen LogP contribution is -2.35. The molecule has 0 spiro atoms. The summed E-state index contributed by atoms with van der Waals surface area (Å²) < 4.78 is 5.18. The van der Waals surface area contributed by atoms with E-state index in [2.05, 4.69) is 24.4 Å². The lowest BCUT2D eigenvalue weighted by molar-refractivity contribution is 0.375. The van der Waals surface area contributed by atoms with Crippen LogP contribution in [0.15, 0.2) is 29.2 Å². The van der Waals surface area contributed by atoms with Gasteiger partial charge in [-0.05, 0) is 37.1 Å². The third kappa shape index (κ3) is 5.07. The van der Waals surface area contributed by atoms with Crippen LogP contribution >= 0.6 is 11.8 Å². The van der Waals surface area contributed by atoms with Crippen molar-refractivity contribution in [2.45, 2.75) is 55.2 Å². The molecule has 1 unspecified atom stereocenters. The molecule has 1 atom stereocenters. The molecule has 0 bridgehead atoms. The quantitative estimate of drug-likeness (QED) is 0.792. The first kappa shape index (κ1) is 14.7. The normalized spacial score (nSPS) is 18.2. The van der Waals surface area contributed by atoms with E-state index < -0.39 is 0 Å². The molecule has 106 valence electrons. The summed E-state index contributed by atoms with van der Waals surface area (Å²) in [5, 5.41) is 4.33. The van der Waals surface area contributed by atoms with Crippen molar-refractivity contribution in [3.05, 3.63) is 24.3 Å². The van der Waals surface area contributed by atoms with Crippen molar-refractivity contribution in [1.82, 2.24) is 5.32 Å². The third-order valence-electron chi connectivity index (χ3n) is 3.70. The summed E-state index contributed by atoms with van der Waals surface area (Å²) in [4.78, 5) is 1.32. The SMILES string of the molecule is COc1ccc(SC(C)CNC2CCCCC2)cc1.